The van der Waals surface area contributed by atoms with Gasteiger partial charge in [-0.25, -0.2) is 4.98 Å². The number of pyridine rings is 1. The number of anilines is 1. The van der Waals surface area contributed by atoms with E-state index in [0.29, 0.717) is 22.4 Å². The average Bonchev–Trinajstić information content (AvgIpc) is 2.15. The van der Waals surface area contributed by atoms with Crippen molar-refractivity contribution in [3.8, 4) is 0 Å². The summed E-state index contributed by atoms with van der Waals surface area (Å²) in [5, 5.41) is 13.0. The van der Waals surface area contributed by atoms with Crippen molar-refractivity contribution in [3.63, 3.8) is 0 Å². The molecular weight excluding hydrogens is 237 g/mol. The lowest BCUT2D eigenvalue weighted by atomic mass is 10.2. The molecule has 0 aliphatic heterocycles. The number of halogens is 2. The van der Waals surface area contributed by atoms with E-state index in [9.17, 15) is 5.11 Å². The number of hydrogen-bond acceptors (Lipinski definition) is 4. The van der Waals surface area contributed by atoms with Gasteiger partial charge in [0.1, 0.15) is 5.82 Å². The Balaban J connectivity index is 2.58. The fraction of sp³-hybridized carbons (Fsp3) is 0.444. The van der Waals surface area contributed by atoms with Gasteiger partial charge in [0.25, 0.3) is 0 Å². The molecule has 6 heteroatoms. The van der Waals surface area contributed by atoms with Crippen LogP contribution in [0.3, 0.4) is 0 Å². The van der Waals surface area contributed by atoms with Gasteiger partial charge in [-0.05, 0) is 13.0 Å². The van der Waals surface area contributed by atoms with Crippen LogP contribution < -0.4 is 11.1 Å². The molecule has 0 aromatic carbocycles. The molecule has 2 unspecified atom stereocenters. The second-order valence-electron chi connectivity index (χ2n) is 3.27. The minimum Gasteiger partial charge on any atom is -0.392 e. The van der Waals surface area contributed by atoms with Gasteiger partial charge in [0, 0.05) is 18.8 Å². The highest BCUT2D eigenvalue weighted by Gasteiger charge is 2.10. The summed E-state index contributed by atoms with van der Waals surface area (Å²) in [6.07, 6.45) is 0.910. The molecule has 0 aliphatic rings. The van der Waals surface area contributed by atoms with E-state index in [-0.39, 0.29) is 6.04 Å². The summed E-state index contributed by atoms with van der Waals surface area (Å²) in [5.74, 6) is 0.511. The molecule has 0 saturated carbocycles. The van der Waals surface area contributed by atoms with Gasteiger partial charge in [-0.15, -0.1) is 0 Å². The molecule has 0 bridgehead atoms. The van der Waals surface area contributed by atoms with Gasteiger partial charge in [0.05, 0.1) is 16.1 Å². The van der Waals surface area contributed by atoms with Crippen LogP contribution >= 0.6 is 23.2 Å². The predicted molar refractivity (Wildman–Crippen MR) is 62.4 cm³/mol. The second-order valence-corrected chi connectivity index (χ2v) is 4.11. The van der Waals surface area contributed by atoms with Gasteiger partial charge in [-0.2, -0.15) is 0 Å². The Kier molecular flexibility index (Phi) is 4.60. The third-order valence-corrected chi connectivity index (χ3v) is 2.43. The highest BCUT2D eigenvalue weighted by atomic mass is 35.5. The summed E-state index contributed by atoms with van der Waals surface area (Å²) in [5.41, 5.74) is 5.63. The van der Waals surface area contributed by atoms with Gasteiger partial charge in [0.2, 0.25) is 0 Å². The average molecular weight is 250 g/mol. The Bertz CT molecular complexity index is 333. The number of aliphatic hydroxyl groups is 1. The van der Waals surface area contributed by atoms with E-state index < -0.39 is 6.10 Å². The summed E-state index contributed by atoms with van der Waals surface area (Å²) in [6.45, 7) is 2.02. The molecule has 84 valence electrons. The van der Waals surface area contributed by atoms with Crippen molar-refractivity contribution in [1.82, 2.24) is 4.98 Å². The molecule has 0 amide bonds. The summed E-state index contributed by atoms with van der Waals surface area (Å²) in [4.78, 5) is 4.00. The maximum absolute atomic E-state index is 9.17. The lowest BCUT2D eigenvalue weighted by molar-refractivity contribution is 0.168. The first-order valence-electron chi connectivity index (χ1n) is 4.49. The third-order valence-electron chi connectivity index (χ3n) is 1.93. The Labute approximate surface area is 98.4 Å². The normalized spacial score (nSPS) is 14.7. The zero-order chi connectivity index (χ0) is 11.4. The molecule has 0 aliphatic carbocycles. The van der Waals surface area contributed by atoms with E-state index in [1.807, 2.05) is 0 Å². The first-order valence-corrected chi connectivity index (χ1v) is 5.25. The van der Waals surface area contributed by atoms with Crippen LogP contribution in [0.1, 0.15) is 6.92 Å². The summed E-state index contributed by atoms with van der Waals surface area (Å²) in [7, 11) is 0. The van der Waals surface area contributed by atoms with Crippen LogP contribution in [0.25, 0.3) is 0 Å². The van der Waals surface area contributed by atoms with Crippen molar-refractivity contribution in [3.05, 3.63) is 22.3 Å². The van der Waals surface area contributed by atoms with Crippen LogP contribution in [0.15, 0.2) is 12.3 Å². The number of aromatic nitrogens is 1. The lowest BCUT2D eigenvalue weighted by Gasteiger charge is -2.16. The Morgan fingerprint density at radius 1 is 1.60 bits per heavy atom. The summed E-state index contributed by atoms with van der Waals surface area (Å²) >= 11 is 11.6. The number of hydrogen-bond donors (Lipinski definition) is 3. The highest BCUT2D eigenvalue weighted by Crippen LogP contribution is 2.22. The van der Waals surface area contributed by atoms with Crippen LogP contribution in [0, 0.1) is 0 Å². The van der Waals surface area contributed by atoms with Crippen molar-refractivity contribution in [2.75, 3.05) is 11.9 Å². The zero-order valence-electron chi connectivity index (χ0n) is 8.24. The first-order chi connectivity index (χ1) is 7.00. The van der Waals surface area contributed by atoms with E-state index in [1.165, 1.54) is 6.20 Å². The minimum absolute atomic E-state index is 0.362. The number of nitrogens with two attached hydrogens (primary N) is 1. The number of aliphatic hydroxyl groups excluding tert-OH is 1. The summed E-state index contributed by atoms with van der Waals surface area (Å²) < 4.78 is 0. The maximum Gasteiger partial charge on any atom is 0.144 e. The standard InChI is InChI=1S/C9H13Cl2N3O/c1-5(15)8(12)4-14-9-7(11)2-6(10)3-13-9/h2-3,5,8,15H,4,12H2,1H3,(H,13,14). The SMILES string of the molecule is CC(O)C(N)CNc1ncc(Cl)cc1Cl. The van der Waals surface area contributed by atoms with E-state index in [1.54, 1.807) is 13.0 Å². The molecule has 0 fully saturated rings. The van der Waals surface area contributed by atoms with Gasteiger partial charge >= 0.3 is 0 Å². The number of nitrogens with one attached hydrogen (secondary N) is 1. The molecule has 15 heavy (non-hydrogen) atoms. The molecule has 0 saturated heterocycles. The van der Waals surface area contributed by atoms with Crippen molar-refractivity contribution in [2.24, 2.45) is 5.73 Å². The van der Waals surface area contributed by atoms with Crippen LogP contribution in [0.5, 0.6) is 0 Å². The highest BCUT2D eigenvalue weighted by molar-refractivity contribution is 6.35. The lowest BCUT2D eigenvalue weighted by Crippen LogP contribution is -2.38. The van der Waals surface area contributed by atoms with Crippen LogP contribution in [-0.2, 0) is 0 Å². The van der Waals surface area contributed by atoms with Gasteiger partial charge in [-0.1, -0.05) is 23.2 Å². The van der Waals surface area contributed by atoms with Crippen molar-refractivity contribution >= 4 is 29.0 Å². The van der Waals surface area contributed by atoms with E-state index >= 15 is 0 Å². The zero-order valence-corrected chi connectivity index (χ0v) is 9.76. The minimum atomic E-state index is -0.580. The number of nitrogens with zero attached hydrogens (tertiary/aromatic N) is 1. The van der Waals surface area contributed by atoms with Gasteiger partial charge in [0.15, 0.2) is 0 Å². The fourth-order valence-corrected chi connectivity index (χ4v) is 1.38. The molecule has 1 aromatic rings. The largest absolute Gasteiger partial charge is 0.392 e. The number of rotatable bonds is 4. The van der Waals surface area contributed by atoms with E-state index in [0.717, 1.165) is 0 Å². The molecule has 0 spiro atoms. The predicted octanol–water partition coefficient (Wildman–Crippen LogP) is 1.51. The maximum atomic E-state index is 9.17. The van der Waals surface area contributed by atoms with E-state index in [2.05, 4.69) is 10.3 Å². The Morgan fingerprint density at radius 2 is 2.27 bits per heavy atom. The van der Waals surface area contributed by atoms with Crippen molar-refractivity contribution in [1.29, 1.82) is 0 Å². The van der Waals surface area contributed by atoms with Crippen LogP contribution in [0.2, 0.25) is 10.0 Å². The monoisotopic (exact) mass is 249 g/mol. The Morgan fingerprint density at radius 3 is 2.80 bits per heavy atom. The van der Waals surface area contributed by atoms with Crippen molar-refractivity contribution in [2.45, 2.75) is 19.1 Å². The van der Waals surface area contributed by atoms with Crippen LogP contribution in [-0.4, -0.2) is 28.8 Å². The Hall–Kier alpha value is -0.550. The molecule has 2 atom stereocenters. The van der Waals surface area contributed by atoms with Crippen molar-refractivity contribution < 1.29 is 5.11 Å². The smallest absolute Gasteiger partial charge is 0.144 e. The molecule has 1 rings (SSSR count). The molecular formula is C9H13Cl2N3O. The second kappa shape index (κ2) is 5.51. The topological polar surface area (TPSA) is 71.2 Å². The first kappa shape index (κ1) is 12.5. The van der Waals surface area contributed by atoms with Gasteiger partial charge < -0.3 is 16.2 Å². The third kappa shape index (κ3) is 3.83. The van der Waals surface area contributed by atoms with E-state index in [4.69, 9.17) is 28.9 Å². The quantitative estimate of drug-likeness (QED) is 0.757. The molecule has 4 nitrogen and oxygen atoms in total. The molecule has 1 heterocycles. The fourth-order valence-electron chi connectivity index (χ4n) is 0.930. The van der Waals surface area contributed by atoms with Crippen LogP contribution in [0.4, 0.5) is 5.82 Å². The van der Waals surface area contributed by atoms with Gasteiger partial charge in [-0.3, -0.25) is 0 Å². The molecule has 4 N–H and O–H groups in total. The molecule has 0 radical (unpaired) electrons. The molecule has 1 aromatic heterocycles. The summed E-state index contributed by atoms with van der Waals surface area (Å²) in [6, 6.07) is 1.23.